The van der Waals surface area contributed by atoms with Gasteiger partial charge in [-0.25, -0.2) is 0 Å². The summed E-state index contributed by atoms with van der Waals surface area (Å²) in [4.78, 5) is 31.9. The minimum atomic E-state index is -0.212. The SMILES string of the molecule is CC(C)n1c(=O)c(C(=O)NC2C[C@H]3CC[C@@H](C2)N3CCCCCN2CCCCC2)cc2ccccc21. The molecule has 6 nitrogen and oxygen atoms in total. The number of unbranched alkanes of at least 4 members (excludes halogenated alkanes) is 2. The molecule has 0 saturated carbocycles. The summed E-state index contributed by atoms with van der Waals surface area (Å²) in [6.45, 7) is 9.06. The van der Waals surface area contributed by atoms with E-state index in [1.165, 1.54) is 77.5 Å². The van der Waals surface area contributed by atoms with Gasteiger partial charge in [0.1, 0.15) is 5.56 Å². The molecule has 3 aliphatic rings. The molecule has 3 saturated heterocycles. The number of pyridine rings is 1. The topological polar surface area (TPSA) is 57.6 Å². The van der Waals surface area contributed by atoms with Crippen molar-refractivity contribution in [1.29, 1.82) is 0 Å². The maximum absolute atomic E-state index is 13.3. The maximum atomic E-state index is 13.3. The van der Waals surface area contributed by atoms with Gasteiger partial charge in [0.25, 0.3) is 11.5 Å². The summed E-state index contributed by atoms with van der Waals surface area (Å²) < 4.78 is 1.75. The number of nitrogens with one attached hydrogen (secondary N) is 1. The Hall–Kier alpha value is -2.18. The number of hydrogen-bond donors (Lipinski definition) is 1. The molecule has 1 aromatic carbocycles. The average molecular weight is 493 g/mol. The van der Waals surface area contributed by atoms with Crippen molar-refractivity contribution < 1.29 is 4.79 Å². The summed E-state index contributed by atoms with van der Waals surface area (Å²) in [5, 5.41) is 4.19. The fourth-order valence-corrected chi connectivity index (χ4v) is 6.97. The average Bonchev–Trinajstić information content (AvgIpc) is 3.11. The number of rotatable bonds is 9. The van der Waals surface area contributed by atoms with E-state index in [0.29, 0.717) is 12.1 Å². The molecule has 4 heterocycles. The molecule has 2 bridgehead atoms. The van der Waals surface area contributed by atoms with Crippen LogP contribution in [0.5, 0.6) is 0 Å². The summed E-state index contributed by atoms with van der Waals surface area (Å²) in [6.07, 6.45) is 12.6. The molecular weight excluding hydrogens is 448 g/mol. The lowest BCUT2D eigenvalue weighted by Gasteiger charge is -2.39. The molecule has 196 valence electrons. The molecule has 1 N–H and O–H groups in total. The predicted molar refractivity (Wildman–Crippen MR) is 147 cm³/mol. The predicted octanol–water partition coefficient (Wildman–Crippen LogP) is 4.96. The van der Waals surface area contributed by atoms with Crippen LogP contribution in [0.15, 0.2) is 35.1 Å². The monoisotopic (exact) mass is 492 g/mol. The van der Waals surface area contributed by atoms with Crippen LogP contribution in [0.2, 0.25) is 0 Å². The summed E-state index contributed by atoms with van der Waals surface area (Å²) >= 11 is 0. The molecule has 3 atom stereocenters. The van der Waals surface area contributed by atoms with Gasteiger partial charge in [-0.05, 0) is 109 Å². The van der Waals surface area contributed by atoms with Crippen LogP contribution < -0.4 is 10.9 Å². The van der Waals surface area contributed by atoms with Crippen LogP contribution in [0, 0.1) is 0 Å². The van der Waals surface area contributed by atoms with Crippen molar-refractivity contribution in [1.82, 2.24) is 19.7 Å². The fraction of sp³-hybridized carbons (Fsp3) is 0.667. The van der Waals surface area contributed by atoms with Crippen LogP contribution in [0.3, 0.4) is 0 Å². The lowest BCUT2D eigenvalue weighted by molar-refractivity contribution is 0.0839. The number of likely N-dealkylation sites (tertiary alicyclic amines) is 1. The minimum Gasteiger partial charge on any atom is -0.349 e. The van der Waals surface area contributed by atoms with Crippen molar-refractivity contribution in [3.63, 3.8) is 0 Å². The number of carbonyl (C=O) groups excluding carboxylic acids is 1. The van der Waals surface area contributed by atoms with Crippen LogP contribution in [-0.2, 0) is 0 Å². The molecule has 2 aromatic rings. The highest BCUT2D eigenvalue weighted by molar-refractivity contribution is 5.97. The molecule has 3 fully saturated rings. The maximum Gasteiger partial charge on any atom is 0.264 e. The standard InChI is InChI=1S/C30H44N4O2/c1-22(2)34-28-12-6-5-11-23(28)19-27(30(34)36)29(35)31-24-20-25-13-14-26(21-24)33(25)18-10-4-9-17-32-15-7-3-8-16-32/h5-6,11-12,19,22,24-26H,3-4,7-10,13-18,20-21H2,1-2H3,(H,31,35)/t24?,25-,26+. The molecule has 0 radical (unpaired) electrons. The van der Waals surface area contributed by atoms with Gasteiger partial charge in [-0.1, -0.05) is 31.0 Å². The molecule has 36 heavy (non-hydrogen) atoms. The number of fused-ring (bicyclic) bond motifs is 3. The van der Waals surface area contributed by atoms with Crippen LogP contribution in [0.4, 0.5) is 0 Å². The quantitative estimate of drug-likeness (QED) is 0.503. The molecule has 3 aliphatic heterocycles. The zero-order chi connectivity index (χ0) is 25.1. The van der Waals surface area contributed by atoms with Gasteiger partial charge >= 0.3 is 0 Å². The van der Waals surface area contributed by atoms with E-state index in [1.54, 1.807) is 10.6 Å². The first kappa shape index (κ1) is 25.5. The van der Waals surface area contributed by atoms with Crippen LogP contribution in [0.1, 0.15) is 94.5 Å². The largest absolute Gasteiger partial charge is 0.349 e. The van der Waals surface area contributed by atoms with Gasteiger partial charge in [0, 0.05) is 24.2 Å². The number of hydrogen-bond acceptors (Lipinski definition) is 4. The number of piperidine rings is 2. The van der Waals surface area contributed by atoms with Crippen molar-refractivity contribution in [3.05, 3.63) is 46.2 Å². The van der Waals surface area contributed by atoms with Gasteiger partial charge in [-0.2, -0.15) is 0 Å². The van der Waals surface area contributed by atoms with Crippen LogP contribution >= 0.6 is 0 Å². The Morgan fingerprint density at radius 3 is 2.39 bits per heavy atom. The third-order valence-electron chi connectivity index (χ3n) is 8.77. The number of benzene rings is 1. The van der Waals surface area contributed by atoms with E-state index in [-0.39, 0.29) is 29.1 Å². The highest BCUT2D eigenvalue weighted by Gasteiger charge is 2.40. The van der Waals surface area contributed by atoms with Crippen molar-refractivity contribution >= 4 is 16.8 Å². The summed E-state index contributed by atoms with van der Waals surface area (Å²) in [7, 11) is 0. The molecule has 0 aliphatic carbocycles. The number of amides is 1. The van der Waals surface area contributed by atoms with E-state index in [0.717, 1.165) is 23.7 Å². The summed E-state index contributed by atoms with van der Waals surface area (Å²) in [5.74, 6) is -0.212. The highest BCUT2D eigenvalue weighted by Crippen LogP contribution is 2.36. The van der Waals surface area contributed by atoms with E-state index in [1.807, 2.05) is 38.1 Å². The Labute approximate surface area is 216 Å². The smallest absolute Gasteiger partial charge is 0.264 e. The molecule has 1 aromatic heterocycles. The first-order valence-electron chi connectivity index (χ1n) is 14.4. The van der Waals surface area contributed by atoms with Crippen molar-refractivity contribution in [2.75, 3.05) is 26.2 Å². The first-order chi connectivity index (χ1) is 17.5. The van der Waals surface area contributed by atoms with Crippen LogP contribution in [-0.4, -0.2) is 64.6 Å². The van der Waals surface area contributed by atoms with Gasteiger partial charge in [0.2, 0.25) is 0 Å². The van der Waals surface area contributed by atoms with Gasteiger partial charge in [0.15, 0.2) is 0 Å². The summed E-state index contributed by atoms with van der Waals surface area (Å²) in [5.41, 5.74) is 0.966. The summed E-state index contributed by atoms with van der Waals surface area (Å²) in [6, 6.07) is 10.9. The van der Waals surface area contributed by atoms with E-state index < -0.39 is 0 Å². The lowest BCUT2D eigenvalue weighted by Crippen LogP contribution is -2.51. The number of nitrogens with zero attached hydrogens (tertiary/aromatic N) is 3. The second kappa shape index (κ2) is 11.5. The normalized spacial score (nSPS) is 25.0. The second-order valence-electron chi connectivity index (χ2n) is 11.6. The number of aromatic nitrogens is 1. The fourth-order valence-electron chi connectivity index (χ4n) is 6.97. The molecule has 1 amide bonds. The first-order valence-corrected chi connectivity index (χ1v) is 14.4. The zero-order valence-electron chi connectivity index (χ0n) is 22.3. The number of para-hydroxylation sites is 1. The number of carbonyl (C=O) groups is 1. The Morgan fingerprint density at radius 2 is 1.67 bits per heavy atom. The molecule has 5 rings (SSSR count). The van der Waals surface area contributed by atoms with E-state index in [4.69, 9.17) is 0 Å². The highest BCUT2D eigenvalue weighted by atomic mass is 16.2. The van der Waals surface area contributed by atoms with Gasteiger partial charge in [-0.3, -0.25) is 14.5 Å². The Kier molecular flexibility index (Phi) is 8.12. The molecule has 1 unspecified atom stereocenters. The third-order valence-corrected chi connectivity index (χ3v) is 8.77. The van der Waals surface area contributed by atoms with Crippen molar-refractivity contribution in [2.45, 2.75) is 102 Å². The van der Waals surface area contributed by atoms with Gasteiger partial charge in [0.05, 0.1) is 5.52 Å². The lowest BCUT2D eigenvalue weighted by atomic mass is 9.96. The Morgan fingerprint density at radius 1 is 0.972 bits per heavy atom. The van der Waals surface area contributed by atoms with E-state index in [9.17, 15) is 9.59 Å². The van der Waals surface area contributed by atoms with Crippen LogP contribution in [0.25, 0.3) is 10.9 Å². The van der Waals surface area contributed by atoms with Crippen molar-refractivity contribution in [3.8, 4) is 0 Å². The Bertz CT molecular complexity index is 1090. The molecule has 6 heteroatoms. The minimum absolute atomic E-state index is 0.00548. The third kappa shape index (κ3) is 5.55. The second-order valence-corrected chi connectivity index (χ2v) is 11.6. The zero-order valence-corrected chi connectivity index (χ0v) is 22.3. The van der Waals surface area contributed by atoms with E-state index in [2.05, 4.69) is 15.1 Å². The van der Waals surface area contributed by atoms with Gasteiger partial charge in [-0.15, -0.1) is 0 Å². The van der Waals surface area contributed by atoms with Gasteiger partial charge < -0.3 is 14.8 Å². The van der Waals surface area contributed by atoms with E-state index >= 15 is 0 Å². The van der Waals surface area contributed by atoms with Crippen molar-refractivity contribution in [2.24, 2.45) is 0 Å². The molecular formula is C30H44N4O2. The Balaban J connectivity index is 1.15. The molecule has 0 spiro atoms.